The summed E-state index contributed by atoms with van der Waals surface area (Å²) in [7, 11) is 2.01. The average molecular weight is 249 g/mol. The molecule has 0 aliphatic rings. The molecule has 3 heteroatoms. The molecule has 2 atom stereocenters. The van der Waals surface area contributed by atoms with Crippen LogP contribution < -0.4 is 0 Å². The molecule has 2 unspecified atom stereocenters. The van der Waals surface area contributed by atoms with E-state index in [-0.39, 0.29) is 12.5 Å². The Labute approximate surface area is 109 Å². The molecule has 1 N–H and O–H groups in total. The zero-order valence-electron chi connectivity index (χ0n) is 11.5. The zero-order chi connectivity index (χ0) is 13.5. The third-order valence-corrected chi connectivity index (χ3v) is 3.45. The molecule has 0 aliphatic carbocycles. The highest BCUT2D eigenvalue weighted by atomic mass is 16.4. The van der Waals surface area contributed by atoms with Gasteiger partial charge < -0.3 is 5.11 Å². The maximum absolute atomic E-state index is 11.0. The summed E-state index contributed by atoms with van der Waals surface area (Å²) in [5.41, 5.74) is 1.07. The Hall–Kier alpha value is -1.35. The number of rotatable bonds is 7. The molecule has 0 radical (unpaired) electrons. The predicted octanol–water partition coefficient (Wildman–Crippen LogP) is 3.32. The summed E-state index contributed by atoms with van der Waals surface area (Å²) >= 11 is 0. The predicted molar refractivity (Wildman–Crippen MR) is 73.6 cm³/mol. The SMILES string of the molecule is CCCC(C)N(C)C(CC(=O)O)c1ccccc1. The van der Waals surface area contributed by atoms with Crippen LogP contribution in [0, 0.1) is 0 Å². The van der Waals surface area contributed by atoms with Gasteiger partial charge in [-0.1, -0.05) is 43.7 Å². The lowest BCUT2D eigenvalue weighted by Crippen LogP contribution is -2.34. The first-order valence-corrected chi connectivity index (χ1v) is 6.55. The molecule has 0 heterocycles. The van der Waals surface area contributed by atoms with Gasteiger partial charge in [-0.05, 0) is 26.0 Å². The van der Waals surface area contributed by atoms with Crippen LogP contribution in [0.4, 0.5) is 0 Å². The highest BCUT2D eigenvalue weighted by Crippen LogP contribution is 2.26. The van der Waals surface area contributed by atoms with Gasteiger partial charge in [0.05, 0.1) is 6.42 Å². The van der Waals surface area contributed by atoms with E-state index in [1.165, 1.54) is 0 Å². The molecule has 1 rings (SSSR count). The number of hydrogen-bond donors (Lipinski definition) is 1. The van der Waals surface area contributed by atoms with Crippen LogP contribution in [0.2, 0.25) is 0 Å². The number of carboxylic acids is 1. The van der Waals surface area contributed by atoms with Crippen molar-refractivity contribution >= 4 is 5.97 Å². The Bertz CT molecular complexity index is 364. The van der Waals surface area contributed by atoms with Crippen LogP contribution in [-0.4, -0.2) is 29.1 Å². The molecular weight excluding hydrogens is 226 g/mol. The normalized spacial score (nSPS) is 14.4. The largest absolute Gasteiger partial charge is 0.481 e. The van der Waals surface area contributed by atoms with E-state index in [1.807, 2.05) is 37.4 Å². The first-order chi connectivity index (χ1) is 8.56. The number of hydrogen-bond acceptors (Lipinski definition) is 2. The number of nitrogens with zero attached hydrogens (tertiary/aromatic N) is 1. The van der Waals surface area contributed by atoms with Crippen LogP contribution in [0.1, 0.15) is 44.7 Å². The summed E-state index contributed by atoms with van der Waals surface area (Å²) < 4.78 is 0. The van der Waals surface area contributed by atoms with E-state index in [0.717, 1.165) is 18.4 Å². The lowest BCUT2D eigenvalue weighted by molar-refractivity contribution is -0.138. The van der Waals surface area contributed by atoms with Crippen molar-refractivity contribution in [1.29, 1.82) is 0 Å². The molecule has 0 fully saturated rings. The summed E-state index contributed by atoms with van der Waals surface area (Å²) in [4.78, 5) is 13.2. The van der Waals surface area contributed by atoms with Gasteiger partial charge in [-0.2, -0.15) is 0 Å². The minimum atomic E-state index is -0.751. The Balaban J connectivity index is 2.88. The van der Waals surface area contributed by atoms with E-state index in [1.54, 1.807) is 0 Å². The van der Waals surface area contributed by atoms with E-state index in [2.05, 4.69) is 18.7 Å². The fourth-order valence-corrected chi connectivity index (χ4v) is 2.27. The Morgan fingerprint density at radius 2 is 1.94 bits per heavy atom. The Kier molecular flexibility index (Phi) is 5.86. The maximum Gasteiger partial charge on any atom is 0.305 e. The lowest BCUT2D eigenvalue weighted by atomic mass is 10.00. The molecule has 18 heavy (non-hydrogen) atoms. The molecule has 0 amide bonds. The van der Waals surface area contributed by atoms with E-state index in [0.29, 0.717) is 6.04 Å². The van der Waals surface area contributed by atoms with Gasteiger partial charge in [0.2, 0.25) is 0 Å². The van der Waals surface area contributed by atoms with Gasteiger partial charge in [0.15, 0.2) is 0 Å². The van der Waals surface area contributed by atoms with E-state index >= 15 is 0 Å². The maximum atomic E-state index is 11.0. The van der Waals surface area contributed by atoms with Crippen LogP contribution in [0.3, 0.4) is 0 Å². The molecule has 100 valence electrons. The molecule has 3 nitrogen and oxygen atoms in total. The summed E-state index contributed by atoms with van der Waals surface area (Å²) in [6, 6.07) is 10.2. The molecule has 0 saturated heterocycles. The van der Waals surface area contributed by atoms with Gasteiger partial charge in [-0.3, -0.25) is 9.69 Å². The standard InChI is InChI=1S/C15H23NO2/c1-4-8-12(2)16(3)14(11-15(17)18)13-9-6-5-7-10-13/h5-7,9-10,12,14H,4,8,11H2,1-3H3,(H,17,18). The van der Waals surface area contributed by atoms with Crippen LogP contribution in [-0.2, 0) is 4.79 Å². The number of aliphatic carboxylic acids is 1. The Morgan fingerprint density at radius 3 is 2.44 bits per heavy atom. The summed E-state index contributed by atoms with van der Waals surface area (Å²) in [6.07, 6.45) is 2.34. The summed E-state index contributed by atoms with van der Waals surface area (Å²) in [6.45, 7) is 4.31. The third-order valence-electron chi connectivity index (χ3n) is 3.45. The van der Waals surface area contributed by atoms with Crippen molar-refractivity contribution in [3.05, 3.63) is 35.9 Å². The second kappa shape index (κ2) is 7.17. The lowest BCUT2D eigenvalue weighted by Gasteiger charge is -2.32. The molecule has 0 spiro atoms. The summed E-state index contributed by atoms with van der Waals surface area (Å²) in [5, 5.41) is 9.08. The van der Waals surface area contributed by atoms with Gasteiger partial charge in [-0.25, -0.2) is 0 Å². The average Bonchev–Trinajstić information content (AvgIpc) is 2.36. The first kappa shape index (κ1) is 14.7. The number of benzene rings is 1. The van der Waals surface area contributed by atoms with Gasteiger partial charge in [0.1, 0.15) is 0 Å². The van der Waals surface area contributed by atoms with E-state index < -0.39 is 5.97 Å². The van der Waals surface area contributed by atoms with Crippen molar-refractivity contribution in [2.45, 2.75) is 45.2 Å². The number of carboxylic acid groups (broad SMARTS) is 1. The van der Waals surface area contributed by atoms with Crippen molar-refractivity contribution in [2.24, 2.45) is 0 Å². The summed E-state index contributed by atoms with van der Waals surface area (Å²) in [5.74, 6) is -0.751. The molecular formula is C15H23NO2. The smallest absolute Gasteiger partial charge is 0.305 e. The zero-order valence-corrected chi connectivity index (χ0v) is 11.5. The van der Waals surface area contributed by atoms with Crippen molar-refractivity contribution in [3.8, 4) is 0 Å². The molecule has 0 aliphatic heterocycles. The van der Waals surface area contributed by atoms with Crippen molar-refractivity contribution in [1.82, 2.24) is 4.90 Å². The monoisotopic (exact) mass is 249 g/mol. The van der Waals surface area contributed by atoms with Crippen molar-refractivity contribution in [2.75, 3.05) is 7.05 Å². The minimum Gasteiger partial charge on any atom is -0.481 e. The fraction of sp³-hybridized carbons (Fsp3) is 0.533. The molecule has 0 bridgehead atoms. The van der Waals surface area contributed by atoms with Crippen LogP contribution in [0.5, 0.6) is 0 Å². The quantitative estimate of drug-likeness (QED) is 0.806. The van der Waals surface area contributed by atoms with Gasteiger partial charge in [-0.15, -0.1) is 0 Å². The molecule has 0 aromatic heterocycles. The molecule has 0 saturated carbocycles. The second-order valence-corrected chi connectivity index (χ2v) is 4.83. The van der Waals surface area contributed by atoms with E-state index in [4.69, 9.17) is 5.11 Å². The van der Waals surface area contributed by atoms with Gasteiger partial charge in [0.25, 0.3) is 0 Å². The van der Waals surface area contributed by atoms with Crippen LogP contribution >= 0.6 is 0 Å². The van der Waals surface area contributed by atoms with Crippen LogP contribution in [0.15, 0.2) is 30.3 Å². The fourth-order valence-electron chi connectivity index (χ4n) is 2.27. The first-order valence-electron chi connectivity index (χ1n) is 6.55. The van der Waals surface area contributed by atoms with Crippen molar-refractivity contribution in [3.63, 3.8) is 0 Å². The second-order valence-electron chi connectivity index (χ2n) is 4.83. The molecule has 1 aromatic carbocycles. The van der Waals surface area contributed by atoms with Gasteiger partial charge >= 0.3 is 5.97 Å². The van der Waals surface area contributed by atoms with E-state index in [9.17, 15) is 4.79 Å². The number of carbonyl (C=O) groups is 1. The highest BCUT2D eigenvalue weighted by Gasteiger charge is 2.23. The van der Waals surface area contributed by atoms with Crippen LogP contribution in [0.25, 0.3) is 0 Å². The van der Waals surface area contributed by atoms with Crippen molar-refractivity contribution < 1.29 is 9.90 Å². The van der Waals surface area contributed by atoms with Gasteiger partial charge in [0, 0.05) is 12.1 Å². The molecule has 1 aromatic rings. The highest BCUT2D eigenvalue weighted by molar-refractivity contribution is 5.67. The minimum absolute atomic E-state index is 0.0507. The topological polar surface area (TPSA) is 40.5 Å². The third kappa shape index (κ3) is 4.15. The Morgan fingerprint density at radius 1 is 1.33 bits per heavy atom.